The third-order valence-electron chi connectivity index (χ3n) is 5.59. The number of anilines is 1. The zero-order chi connectivity index (χ0) is 25.4. The van der Waals surface area contributed by atoms with Crippen molar-refractivity contribution in [1.29, 1.82) is 0 Å². The molecule has 35 heavy (non-hydrogen) atoms. The van der Waals surface area contributed by atoms with Crippen LogP contribution in [0.25, 0.3) is 0 Å². The lowest BCUT2D eigenvalue weighted by Crippen LogP contribution is -2.40. The summed E-state index contributed by atoms with van der Waals surface area (Å²) in [6, 6.07) is 10.4. The van der Waals surface area contributed by atoms with E-state index in [1.54, 1.807) is 0 Å². The first-order valence-electron chi connectivity index (χ1n) is 11.4. The lowest BCUT2D eigenvalue weighted by atomic mass is 10.00. The van der Waals surface area contributed by atoms with Gasteiger partial charge in [-0.05, 0) is 61.2 Å². The Morgan fingerprint density at radius 2 is 1.86 bits per heavy atom. The van der Waals surface area contributed by atoms with Crippen molar-refractivity contribution in [2.75, 3.05) is 31.6 Å². The minimum atomic E-state index is -4.51. The van der Waals surface area contributed by atoms with Crippen LogP contribution >= 0.6 is 0 Å². The largest absolute Gasteiger partial charge is 0.484 e. The number of amides is 3. The van der Waals surface area contributed by atoms with Crippen molar-refractivity contribution in [3.8, 4) is 5.75 Å². The number of carbonyl (C=O) groups is 3. The van der Waals surface area contributed by atoms with Gasteiger partial charge in [0.1, 0.15) is 5.75 Å². The molecular weight excluding hydrogens is 463 g/mol. The molecular formula is C25H28F3N3O4. The molecule has 1 aliphatic rings. The fourth-order valence-corrected chi connectivity index (χ4v) is 3.78. The molecule has 3 rings (SSSR count). The number of nitrogens with one attached hydrogen (secondary N) is 2. The standard InChI is InChI=1S/C25H28F3N3O4/c1-17-4-3-13-31(15-17)23(33)11-12-29-24(34)18-7-9-21(10-8-18)35-16-22(32)30-20-6-2-5-19(14-20)25(26,27)28/h2,5-10,14,17H,3-4,11-13,15-16H2,1H3,(H,29,34)(H,30,32). The second kappa shape index (κ2) is 11.7. The first kappa shape index (κ1) is 26.1. The summed E-state index contributed by atoms with van der Waals surface area (Å²) >= 11 is 0. The van der Waals surface area contributed by atoms with Gasteiger partial charge in [-0.1, -0.05) is 13.0 Å². The van der Waals surface area contributed by atoms with Crippen molar-refractivity contribution in [3.63, 3.8) is 0 Å². The molecule has 188 valence electrons. The average Bonchev–Trinajstić information content (AvgIpc) is 2.82. The van der Waals surface area contributed by atoms with Crippen LogP contribution in [0.2, 0.25) is 0 Å². The zero-order valence-corrected chi connectivity index (χ0v) is 19.4. The van der Waals surface area contributed by atoms with Gasteiger partial charge in [0, 0.05) is 37.3 Å². The van der Waals surface area contributed by atoms with Crippen LogP contribution in [0.5, 0.6) is 5.75 Å². The molecule has 2 aromatic carbocycles. The molecule has 3 amide bonds. The highest BCUT2D eigenvalue weighted by Crippen LogP contribution is 2.30. The molecule has 2 aromatic rings. The SMILES string of the molecule is CC1CCCN(C(=O)CCNC(=O)c2ccc(OCC(=O)Nc3cccc(C(F)(F)F)c3)cc2)C1. The van der Waals surface area contributed by atoms with Gasteiger partial charge in [0.25, 0.3) is 11.8 Å². The quantitative estimate of drug-likeness (QED) is 0.582. The second-order valence-corrected chi connectivity index (χ2v) is 8.53. The Labute approximate surface area is 201 Å². The van der Waals surface area contributed by atoms with Gasteiger partial charge < -0.3 is 20.3 Å². The molecule has 1 unspecified atom stereocenters. The predicted molar refractivity (Wildman–Crippen MR) is 124 cm³/mol. The van der Waals surface area contributed by atoms with E-state index >= 15 is 0 Å². The Morgan fingerprint density at radius 3 is 2.54 bits per heavy atom. The lowest BCUT2D eigenvalue weighted by molar-refractivity contribution is -0.137. The molecule has 1 atom stereocenters. The van der Waals surface area contributed by atoms with Crippen LogP contribution in [0.4, 0.5) is 18.9 Å². The van der Waals surface area contributed by atoms with E-state index in [1.165, 1.54) is 36.4 Å². The Morgan fingerprint density at radius 1 is 1.11 bits per heavy atom. The first-order chi connectivity index (χ1) is 16.6. The first-order valence-corrected chi connectivity index (χ1v) is 11.4. The highest BCUT2D eigenvalue weighted by Gasteiger charge is 2.30. The maximum Gasteiger partial charge on any atom is 0.416 e. The van der Waals surface area contributed by atoms with Crippen LogP contribution in [0.1, 0.15) is 42.1 Å². The van der Waals surface area contributed by atoms with Crippen LogP contribution < -0.4 is 15.4 Å². The van der Waals surface area contributed by atoms with E-state index in [1.807, 2.05) is 4.90 Å². The Hall–Kier alpha value is -3.56. The molecule has 0 saturated carbocycles. The highest BCUT2D eigenvalue weighted by atomic mass is 19.4. The third kappa shape index (κ3) is 8.01. The minimum absolute atomic E-state index is 0.00808. The molecule has 7 nitrogen and oxygen atoms in total. The van der Waals surface area contributed by atoms with E-state index in [-0.39, 0.29) is 30.5 Å². The lowest BCUT2D eigenvalue weighted by Gasteiger charge is -2.31. The number of benzene rings is 2. The zero-order valence-electron chi connectivity index (χ0n) is 19.4. The van der Waals surface area contributed by atoms with E-state index < -0.39 is 24.3 Å². The van der Waals surface area contributed by atoms with Gasteiger partial charge in [0.15, 0.2) is 6.61 Å². The van der Waals surface area contributed by atoms with Crippen LogP contribution in [0.3, 0.4) is 0 Å². The summed E-state index contributed by atoms with van der Waals surface area (Å²) in [5, 5.41) is 5.07. The van der Waals surface area contributed by atoms with Crippen LogP contribution in [0.15, 0.2) is 48.5 Å². The molecule has 0 spiro atoms. The number of hydrogen-bond acceptors (Lipinski definition) is 4. The molecule has 1 saturated heterocycles. The Kier molecular flexibility index (Phi) is 8.73. The molecule has 1 heterocycles. The number of hydrogen-bond donors (Lipinski definition) is 2. The van der Waals surface area contributed by atoms with E-state index in [9.17, 15) is 27.6 Å². The number of ether oxygens (including phenoxy) is 1. The Balaban J connectivity index is 1.41. The predicted octanol–water partition coefficient (Wildman–Crippen LogP) is 4.10. The molecule has 0 aromatic heterocycles. The molecule has 0 radical (unpaired) electrons. The van der Waals surface area contributed by atoms with Gasteiger partial charge in [-0.2, -0.15) is 13.2 Å². The van der Waals surface area contributed by atoms with Gasteiger partial charge in [-0.15, -0.1) is 0 Å². The summed E-state index contributed by atoms with van der Waals surface area (Å²) < 4.78 is 43.7. The van der Waals surface area contributed by atoms with Gasteiger partial charge in [0.2, 0.25) is 5.91 Å². The van der Waals surface area contributed by atoms with Crippen molar-refractivity contribution in [3.05, 3.63) is 59.7 Å². The molecule has 1 fully saturated rings. The second-order valence-electron chi connectivity index (χ2n) is 8.53. The van der Waals surface area contributed by atoms with E-state index in [0.717, 1.165) is 38.1 Å². The van der Waals surface area contributed by atoms with Gasteiger partial charge in [-0.3, -0.25) is 14.4 Å². The number of halogens is 3. The number of carbonyl (C=O) groups excluding carboxylic acids is 3. The summed E-state index contributed by atoms with van der Waals surface area (Å²) in [6.07, 6.45) is -2.14. The molecule has 2 N–H and O–H groups in total. The third-order valence-corrected chi connectivity index (χ3v) is 5.59. The fourth-order valence-electron chi connectivity index (χ4n) is 3.78. The van der Waals surface area contributed by atoms with Gasteiger partial charge >= 0.3 is 6.18 Å². The number of alkyl halides is 3. The van der Waals surface area contributed by atoms with Crippen molar-refractivity contribution in [1.82, 2.24) is 10.2 Å². The monoisotopic (exact) mass is 491 g/mol. The number of piperidine rings is 1. The normalized spacial score (nSPS) is 15.9. The summed E-state index contributed by atoms with van der Waals surface area (Å²) in [5.74, 6) is -0.119. The summed E-state index contributed by atoms with van der Waals surface area (Å²) in [5.41, 5.74) is -0.492. The maximum atomic E-state index is 12.8. The van der Waals surface area contributed by atoms with Crippen LogP contribution in [-0.4, -0.2) is 48.9 Å². The number of nitrogens with zero attached hydrogens (tertiary/aromatic N) is 1. The van der Waals surface area contributed by atoms with Crippen molar-refractivity contribution >= 4 is 23.4 Å². The Bertz CT molecular complexity index is 1040. The summed E-state index contributed by atoms with van der Waals surface area (Å²) in [6.45, 7) is 3.45. The van der Waals surface area contributed by atoms with Crippen molar-refractivity contribution < 1.29 is 32.3 Å². The van der Waals surface area contributed by atoms with Crippen molar-refractivity contribution in [2.45, 2.75) is 32.4 Å². The van der Waals surface area contributed by atoms with E-state index in [0.29, 0.717) is 17.2 Å². The van der Waals surface area contributed by atoms with E-state index in [4.69, 9.17) is 4.74 Å². The molecule has 0 bridgehead atoms. The fraction of sp³-hybridized carbons (Fsp3) is 0.400. The maximum absolute atomic E-state index is 12.8. The highest BCUT2D eigenvalue weighted by molar-refractivity contribution is 5.94. The van der Waals surface area contributed by atoms with Gasteiger partial charge in [0.05, 0.1) is 5.56 Å². The molecule has 10 heteroatoms. The summed E-state index contributed by atoms with van der Waals surface area (Å²) in [7, 11) is 0. The van der Waals surface area contributed by atoms with Gasteiger partial charge in [-0.25, -0.2) is 0 Å². The van der Waals surface area contributed by atoms with Crippen molar-refractivity contribution in [2.24, 2.45) is 5.92 Å². The van der Waals surface area contributed by atoms with Crippen LogP contribution in [-0.2, 0) is 15.8 Å². The van der Waals surface area contributed by atoms with Crippen LogP contribution in [0, 0.1) is 5.92 Å². The number of rotatable bonds is 8. The molecule has 1 aliphatic heterocycles. The molecule has 0 aliphatic carbocycles. The average molecular weight is 492 g/mol. The van der Waals surface area contributed by atoms with E-state index in [2.05, 4.69) is 17.6 Å². The smallest absolute Gasteiger partial charge is 0.416 e. The topological polar surface area (TPSA) is 87.7 Å². The summed E-state index contributed by atoms with van der Waals surface area (Å²) in [4.78, 5) is 38.5. The minimum Gasteiger partial charge on any atom is -0.484 e. The number of likely N-dealkylation sites (tertiary alicyclic amines) is 1.